The maximum absolute atomic E-state index is 13.2. The van der Waals surface area contributed by atoms with E-state index in [1.165, 1.54) is 12.1 Å². The summed E-state index contributed by atoms with van der Waals surface area (Å²) in [5, 5.41) is 0.628. The molecule has 1 aliphatic rings. The molecule has 112 valence electrons. The van der Waals surface area contributed by atoms with Crippen molar-refractivity contribution in [1.82, 2.24) is 9.80 Å². The molecule has 0 bridgehead atoms. The van der Waals surface area contributed by atoms with Gasteiger partial charge in [0.2, 0.25) is 5.78 Å². The number of ketones is 1. The molecule has 0 N–H and O–H groups in total. The number of likely N-dealkylation sites (N-methyl/N-ethyl adjacent to an activating group) is 2. The van der Waals surface area contributed by atoms with Gasteiger partial charge in [0.1, 0.15) is 11.4 Å². The molecule has 1 saturated heterocycles. The van der Waals surface area contributed by atoms with Gasteiger partial charge in [0.25, 0.3) is 0 Å². The second-order valence-electron chi connectivity index (χ2n) is 5.77. The van der Waals surface area contributed by atoms with Crippen LogP contribution in [0.3, 0.4) is 0 Å². The number of hydrogen-bond donors (Lipinski definition) is 0. The number of furan rings is 1. The largest absolute Gasteiger partial charge is 0.453 e. The predicted octanol–water partition coefficient (Wildman–Crippen LogP) is 2.39. The first-order valence-corrected chi connectivity index (χ1v) is 7.16. The van der Waals surface area contributed by atoms with Gasteiger partial charge in [0, 0.05) is 11.9 Å². The van der Waals surface area contributed by atoms with Crippen molar-refractivity contribution in [2.45, 2.75) is 12.5 Å². The van der Waals surface area contributed by atoms with Gasteiger partial charge in [0.05, 0.1) is 6.04 Å². The molecule has 1 aromatic carbocycles. The third-order valence-electron chi connectivity index (χ3n) is 4.09. The van der Waals surface area contributed by atoms with E-state index in [0.717, 1.165) is 19.5 Å². The third-order valence-corrected chi connectivity index (χ3v) is 4.09. The third kappa shape index (κ3) is 2.84. The summed E-state index contributed by atoms with van der Waals surface area (Å²) in [6, 6.07) is 5.71. The summed E-state index contributed by atoms with van der Waals surface area (Å²) >= 11 is 0. The summed E-state index contributed by atoms with van der Waals surface area (Å²) in [6.07, 6.45) is 1.04. The van der Waals surface area contributed by atoms with Crippen molar-refractivity contribution >= 4 is 16.8 Å². The van der Waals surface area contributed by atoms with Gasteiger partial charge in [-0.25, -0.2) is 4.39 Å². The van der Waals surface area contributed by atoms with E-state index < -0.39 is 0 Å². The summed E-state index contributed by atoms with van der Waals surface area (Å²) in [5.74, 6) is -0.0563. The number of fused-ring (bicyclic) bond motifs is 1. The van der Waals surface area contributed by atoms with E-state index in [9.17, 15) is 9.18 Å². The Balaban J connectivity index is 1.91. The minimum Gasteiger partial charge on any atom is -0.453 e. The first-order chi connectivity index (χ1) is 10.0. The van der Waals surface area contributed by atoms with Crippen LogP contribution in [-0.2, 0) is 0 Å². The van der Waals surface area contributed by atoms with Crippen molar-refractivity contribution in [2.75, 3.05) is 33.7 Å². The van der Waals surface area contributed by atoms with Crippen molar-refractivity contribution in [3.8, 4) is 0 Å². The lowest BCUT2D eigenvalue weighted by atomic mass is 10.1. The molecule has 0 aliphatic carbocycles. The number of benzene rings is 1. The van der Waals surface area contributed by atoms with Crippen LogP contribution in [0.25, 0.3) is 11.0 Å². The molecule has 1 aliphatic heterocycles. The number of hydrogen-bond acceptors (Lipinski definition) is 4. The van der Waals surface area contributed by atoms with E-state index in [1.54, 1.807) is 12.1 Å². The Morgan fingerprint density at radius 1 is 1.29 bits per heavy atom. The van der Waals surface area contributed by atoms with Crippen LogP contribution in [0.5, 0.6) is 0 Å². The van der Waals surface area contributed by atoms with E-state index in [1.807, 2.05) is 14.1 Å². The average Bonchev–Trinajstić information content (AvgIpc) is 2.78. The van der Waals surface area contributed by atoms with Crippen LogP contribution in [0.1, 0.15) is 17.0 Å². The van der Waals surface area contributed by atoms with Crippen molar-refractivity contribution in [2.24, 2.45) is 0 Å². The van der Waals surface area contributed by atoms with Crippen molar-refractivity contribution in [1.29, 1.82) is 0 Å². The van der Waals surface area contributed by atoms with Crippen LogP contribution in [0, 0.1) is 5.82 Å². The van der Waals surface area contributed by atoms with E-state index in [2.05, 4.69) is 9.80 Å². The van der Waals surface area contributed by atoms with Crippen molar-refractivity contribution in [3.63, 3.8) is 0 Å². The smallest absolute Gasteiger partial charge is 0.216 e. The zero-order chi connectivity index (χ0) is 15.0. The number of halogens is 1. The fourth-order valence-corrected chi connectivity index (χ4v) is 2.85. The summed E-state index contributed by atoms with van der Waals surface area (Å²) in [4.78, 5) is 16.9. The van der Waals surface area contributed by atoms with Crippen LogP contribution in [-0.4, -0.2) is 55.4 Å². The fourth-order valence-electron chi connectivity index (χ4n) is 2.85. The SMILES string of the molecule is CN1CCCN(C)C(C(=O)c2cc3cc(F)ccc3o2)C1. The Morgan fingerprint density at radius 3 is 2.90 bits per heavy atom. The Morgan fingerprint density at radius 2 is 2.10 bits per heavy atom. The molecule has 0 spiro atoms. The molecule has 5 heteroatoms. The van der Waals surface area contributed by atoms with Crippen LogP contribution in [0.15, 0.2) is 28.7 Å². The summed E-state index contributed by atoms with van der Waals surface area (Å²) in [7, 11) is 3.98. The van der Waals surface area contributed by atoms with E-state index >= 15 is 0 Å². The molecular formula is C16H19FN2O2. The van der Waals surface area contributed by atoms with Gasteiger partial charge in [-0.1, -0.05) is 0 Å². The van der Waals surface area contributed by atoms with Crippen LogP contribution >= 0.6 is 0 Å². The second-order valence-corrected chi connectivity index (χ2v) is 5.77. The molecule has 0 radical (unpaired) electrons. The van der Waals surface area contributed by atoms with Crippen LogP contribution in [0.4, 0.5) is 4.39 Å². The van der Waals surface area contributed by atoms with Gasteiger partial charge >= 0.3 is 0 Å². The number of Topliss-reactive ketones (excluding diaryl/α,β-unsaturated/α-hetero) is 1. The van der Waals surface area contributed by atoms with Gasteiger partial charge < -0.3 is 9.32 Å². The molecule has 1 aromatic heterocycles. The van der Waals surface area contributed by atoms with Crippen molar-refractivity contribution in [3.05, 3.63) is 35.8 Å². The number of nitrogens with zero attached hydrogens (tertiary/aromatic N) is 2. The standard InChI is InChI=1S/C16H19FN2O2/c1-18-6-3-7-19(2)13(10-18)16(20)15-9-11-8-12(17)4-5-14(11)21-15/h4-5,8-9,13H,3,6-7,10H2,1-2H3. The molecule has 2 aromatic rings. The van der Waals surface area contributed by atoms with Crippen molar-refractivity contribution < 1.29 is 13.6 Å². The number of rotatable bonds is 2. The molecule has 3 rings (SSSR count). The Labute approximate surface area is 123 Å². The van der Waals surface area contributed by atoms with Gasteiger partial charge in [-0.3, -0.25) is 9.69 Å². The minimum absolute atomic E-state index is 0.0390. The molecule has 2 heterocycles. The summed E-state index contributed by atoms with van der Waals surface area (Å²) in [6.45, 7) is 2.55. The average molecular weight is 290 g/mol. The maximum atomic E-state index is 13.2. The number of carbonyl (C=O) groups excluding carboxylic acids is 1. The van der Waals surface area contributed by atoms with Gasteiger partial charge in [-0.2, -0.15) is 0 Å². The summed E-state index contributed by atoms with van der Waals surface area (Å²) < 4.78 is 18.8. The molecule has 0 amide bonds. The van der Waals surface area contributed by atoms with E-state index in [0.29, 0.717) is 23.3 Å². The Kier molecular flexibility index (Phi) is 3.78. The quantitative estimate of drug-likeness (QED) is 0.796. The molecule has 1 atom stereocenters. The monoisotopic (exact) mass is 290 g/mol. The van der Waals surface area contributed by atoms with E-state index in [-0.39, 0.29) is 17.6 Å². The van der Waals surface area contributed by atoms with Gasteiger partial charge in [-0.15, -0.1) is 0 Å². The van der Waals surface area contributed by atoms with Crippen LogP contribution < -0.4 is 0 Å². The van der Waals surface area contributed by atoms with Gasteiger partial charge in [0.15, 0.2) is 5.76 Å². The minimum atomic E-state index is -0.325. The maximum Gasteiger partial charge on any atom is 0.216 e. The highest BCUT2D eigenvalue weighted by molar-refractivity contribution is 6.01. The topological polar surface area (TPSA) is 36.7 Å². The first-order valence-electron chi connectivity index (χ1n) is 7.16. The zero-order valence-electron chi connectivity index (χ0n) is 12.3. The fraction of sp³-hybridized carbons (Fsp3) is 0.438. The van der Waals surface area contributed by atoms with Crippen LogP contribution in [0.2, 0.25) is 0 Å². The molecule has 1 unspecified atom stereocenters. The normalized spacial score (nSPS) is 21.6. The highest BCUT2D eigenvalue weighted by atomic mass is 19.1. The molecule has 21 heavy (non-hydrogen) atoms. The summed E-state index contributed by atoms with van der Waals surface area (Å²) in [5.41, 5.74) is 0.546. The molecule has 0 saturated carbocycles. The molecular weight excluding hydrogens is 271 g/mol. The van der Waals surface area contributed by atoms with E-state index in [4.69, 9.17) is 4.42 Å². The first kappa shape index (κ1) is 14.2. The van der Waals surface area contributed by atoms with Gasteiger partial charge in [-0.05, 0) is 57.9 Å². The molecule has 4 nitrogen and oxygen atoms in total. The highest BCUT2D eigenvalue weighted by Crippen LogP contribution is 2.22. The Bertz CT molecular complexity index is 667. The lowest BCUT2D eigenvalue weighted by molar-refractivity contribution is 0.0813. The number of carbonyl (C=O) groups is 1. The Hall–Kier alpha value is -1.72. The lowest BCUT2D eigenvalue weighted by Crippen LogP contribution is -2.43. The predicted molar refractivity (Wildman–Crippen MR) is 79.0 cm³/mol. The molecule has 1 fully saturated rings. The zero-order valence-corrected chi connectivity index (χ0v) is 12.3. The lowest BCUT2D eigenvalue weighted by Gasteiger charge is -2.25. The highest BCUT2D eigenvalue weighted by Gasteiger charge is 2.29. The second kappa shape index (κ2) is 5.58.